The monoisotopic (exact) mass is 410 g/mol. The van der Waals surface area contributed by atoms with E-state index in [1.54, 1.807) is 11.3 Å². The van der Waals surface area contributed by atoms with Crippen LogP contribution in [0.2, 0.25) is 0 Å². The van der Waals surface area contributed by atoms with Crippen molar-refractivity contribution in [3.05, 3.63) is 51.7 Å². The molecule has 2 N–H and O–H groups in total. The Morgan fingerprint density at radius 2 is 1.82 bits per heavy atom. The zero-order valence-corrected chi connectivity index (χ0v) is 17.2. The van der Waals surface area contributed by atoms with E-state index in [0.29, 0.717) is 16.8 Å². The summed E-state index contributed by atoms with van der Waals surface area (Å²) < 4.78 is 1.11. The van der Waals surface area contributed by atoms with E-state index >= 15 is 0 Å². The molecule has 4 aromatic rings. The lowest BCUT2D eigenvalue weighted by atomic mass is 10.2. The molecule has 9 heteroatoms. The molecule has 0 unspecified atom stereocenters. The van der Waals surface area contributed by atoms with Gasteiger partial charge in [-0.2, -0.15) is 0 Å². The molecule has 0 fully saturated rings. The van der Waals surface area contributed by atoms with Crippen LogP contribution in [-0.4, -0.2) is 25.8 Å². The highest BCUT2D eigenvalue weighted by Crippen LogP contribution is 2.25. The van der Waals surface area contributed by atoms with E-state index in [2.05, 4.69) is 30.6 Å². The quantitative estimate of drug-likeness (QED) is 0.507. The molecule has 7 nitrogen and oxygen atoms in total. The van der Waals surface area contributed by atoms with Gasteiger partial charge < -0.3 is 10.6 Å². The molecule has 4 rings (SSSR count). The number of thiazole rings is 2. The Balaban J connectivity index is 1.40. The van der Waals surface area contributed by atoms with E-state index in [0.717, 1.165) is 32.3 Å². The van der Waals surface area contributed by atoms with E-state index in [4.69, 9.17) is 0 Å². The third kappa shape index (κ3) is 4.32. The molecule has 0 saturated carbocycles. The SMILES string of the molecule is Cc1cc(C)nc(Nc2nc(CC(=O)Nc3ccc4sc(C)nc4c3)cs2)n1. The number of carbonyl (C=O) groups is 1. The number of carbonyl (C=O) groups excluding carboxylic acids is 1. The summed E-state index contributed by atoms with van der Waals surface area (Å²) in [5.41, 5.74) is 4.10. The van der Waals surface area contributed by atoms with E-state index < -0.39 is 0 Å². The highest BCUT2D eigenvalue weighted by atomic mass is 32.1. The summed E-state index contributed by atoms with van der Waals surface area (Å²) in [6, 6.07) is 7.67. The average molecular weight is 411 g/mol. The molecule has 0 spiro atoms. The van der Waals surface area contributed by atoms with Gasteiger partial charge in [-0.25, -0.2) is 19.9 Å². The number of rotatable bonds is 5. The van der Waals surface area contributed by atoms with Gasteiger partial charge in [0.2, 0.25) is 11.9 Å². The van der Waals surface area contributed by atoms with Crippen LogP contribution >= 0.6 is 22.7 Å². The third-order valence-corrected chi connectivity index (χ3v) is 5.63. The van der Waals surface area contributed by atoms with Crippen molar-refractivity contribution in [2.45, 2.75) is 27.2 Å². The Bertz CT molecular complexity index is 1150. The average Bonchev–Trinajstić information content (AvgIpc) is 3.18. The number of hydrogen-bond acceptors (Lipinski definition) is 8. The molecule has 1 amide bonds. The van der Waals surface area contributed by atoms with E-state index in [9.17, 15) is 4.79 Å². The summed E-state index contributed by atoms with van der Waals surface area (Å²) in [6.07, 6.45) is 0.194. The van der Waals surface area contributed by atoms with Crippen molar-refractivity contribution < 1.29 is 4.79 Å². The van der Waals surface area contributed by atoms with Gasteiger partial charge in [0.15, 0.2) is 5.13 Å². The lowest BCUT2D eigenvalue weighted by molar-refractivity contribution is -0.115. The van der Waals surface area contributed by atoms with Crippen LogP contribution < -0.4 is 10.6 Å². The molecule has 0 radical (unpaired) electrons. The summed E-state index contributed by atoms with van der Waals surface area (Å²) in [5.74, 6) is 0.389. The predicted octanol–water partition coefficient (Wildman–Crippen LogP) is 4.39. The maximum absolute atomic E-state index is 12.4. The standard InChI is InChI=1S/C19H18N6OS2/c1-10-6-11(2)21-18(20-10)25-19-24-14(9-27-19)8-17(26)23-13-4-5-16-15(7-13)22-12(3)28-16/h4-7,9H,8H2,1-3H3,(H,23,26)(H,20,21,24,25). The number of aryl methyl sites for hydroxylation is 3. The molecule has 0 aliphatic carbocycles. The zero-order chi connectivity index (χ0) is 19.7. The Morgan fingerprint density at radius 3 is 2.61 bits per heavy atom. The number of nitrogens with zero attached hydrogens (tertiary/aromatic N) is 4. The maximum atomic E-state index is 12.4. The van der Waals surface area contributed by atoms with Crippen LogP contribution in [0.1, 0.15) is 22.1 Å². The first-order valence-electron chi connectivity index (χ1n) is 8.65. The largest absolute Gasteiger partial charge is 0.326 e. The Morgan fingerprint density at radius 1 is 1.04 bits per heavy atom. The summed E-state index contributed by atoms with van der Waals surface area (Å²) in [7, 11) is 0. The number of fused-ring (bicyclic) bond motifs is 1. The third-order valence-electron chi connectivity index (χ3n) is 3.87. The highest BCUT2D eigenvalue weighted by Gasteiger charge is 2.10. The molecular weight excluding hydrogens is 392 g/mol. The lowest BCUT2D eigenvalue weighted by Gasteiger charge is -2.04. The van der Waals surface area contributed by atoms with Crippen LogP contribution in [-0.2, 0) is 11.2 Å². The van der Waals surface area contributed by atoms with Crippen LogP contribution in [0.3, 0.4) is 0 Å². The topological polar surface area (TPSA) is 92.7 Å². The van der Waals surface area contributed by atoms with Crippen molar-refractivity contribution in [2.75, 3.05) is 10.6 Å². The maximum Gasteiger partial charge on any atom is 0.230 e. The molecule has 0 aliphatic rings. The number of benzene rings is 1. The lowest BCUT2D eigenvalue weighted by Crippen LogP contribution is -2.14. The van der Waals surface area contributed by atoms with Crippen LogP contribution in [0.4, 0.5) is 16.8 Å². The fraction of sp³-hybridized carbons (Fsp3) is 0.211. The summed E-state index contributed by atoms with van der Waals surface area (Å²) >= 11 is 3.06. The molecule has 0 bridgehead atoms. The number of aromatic nitrogens is 4. The first kappa shape index (κ1) is 18.5. The van der Waals surface area contributed by atoms with E-state index in [-0.39, 0.29) is 12.3 Å². The second-order valence-corrected chi connectivity index (χ2v) is 8.48. The van der Waals surface area contributed by atoms with Crippen LogP contribution in [0.15, 0.2) is 29.6 Å². The molecule has 0 atom stereocenters. The normalized spacial score (nSPS) is 11.0. The van der Waals surface area contributed by atoms with E-state index in [1.165, 1.54) is 11.3 Å². The van der Waals surface area contributed by atoms with Crippen LogP contribution in [0.25, 0.3) is 10.2 Å². The molecule has 0 saturated heterocycles. The minimum atomic E-state index is -0.120. The molecule has 1 aromatic carbocycles. The Kier molecular flexibility index (Phi) is 5.01. The van der Waals surface area contributed by atoms with Crippen molar-refractivity contribution in [3.8, 4) is 0 Å². The Hall–Kier alpha value is -2.91. The van der Waals surface area contributed by atoms with Crippen molar-refractivity contribution in [3.63, 3.8) is 0 Å². The Labute approximate surface area is 169 Å². The second-order valence-electron chi connectivity index (χ2n) is 6.38. The molecule has 142 valence electrons. The van der Waals surface area contributed by atoms with Crippen LogP contribution in [0, 0.1) is 20.8 Å². The summed E-state index contributed by atoms with van der Waals surface area (Å²) in [4.78, 5) is 30.0. The van der Waals surface area contributed by atoms with E-state index in [1.807, 2.05) is 50.4 Å². The highest BCUT2D eigenvalue weighted by molar-refractivity contribution is 7.18. The van der Waals surface area contributed by atoms with Crippen LogP contribution in [0.5, 0.6) is 0 Å². The number of hydrogen-bond donors (Lipinski definition) is 2. The number of anilines is 3. The van der Waals surface area contributed by atoms with Gasteiger partial charge in [0.25, 0.3) is 0 Å². The molecule has 3 aromatic heterocycles. The summed E-state index contributed by atoms with van der Waals surface area (Å²) in [5, 5.41) is 9.53. The minimum absolute atomic E-state index is 0.120. The number of nitrogens with one attached hydrogen (secondary N) is 2. The van der Waals surface area contributed by atoms with Crippen molar-refractivity contribution in [1.82, 2.24) is 19.9 Å². The van der Waals surface area contributed by atoms with Gasteiger partial charge in [-0.05, 0) is 45.0 Å². The second kappa shape index (κ2) is 7.61. The van der Waals surface area contributed by atoms with Gasteiger partial charge in [0.05, 0.1) is 27.3 Å². The van der Waals surface area contributed by atoms with Gasteiger partial charge in [-0.3, -0.25) is 4.79 Å². The fourth-order valence-electron chi connectivity index (χ4n) is 2.81. The van der Waals surface area contributed by atoms with Gasteiger partial charge >= 0.3 is 0 Å². The fourth-order valence-corrected chi connectivity index (χ4v) is 4.32. The smallest absolute Gasteiger partial charge is 0.230 e. The molecule has 0 aliphatic heterocycles. The van der Waals surface area contributed by atoms with Crippen molar-refractivity contribution >= 4 is 55.6 Å². The van der Waals surface area contributed by atoms with Gasteiger partial charge in [0.1, 0.15) is 0 Å². The first-order valence-corrected chi connectivity index (χ1v) is 10.3. The first-order chi connectivity index (χ1) is 13.4. The predicted molar refractivity (Wildman–Crippen MR) is 114 cm³/mol. The number of amides is 1. The minimum Gasteiger partial charge on any atom is -0.326 e. The van der Waals surface area contributed by atoms with Crippen molar-refractivity contribution in [1.29, 1.82) is 0 Å². The molecule has 28 heavy (non-hydrogen) atoms. The van der Waals surface area contributed by atoms with Crippen molar-refractivity contribution in [2.24, 2.45) is 0 Å². The van der Waals surface area contributed by atoms with Gasteiger partial charge in [0, 0.05) is 22.5 Å². The molecule has 3 heterocycles. The zero-order valence-electron chi connectivity index (χ0n) is 15.6. The molecular formula is C19H18N6OS2. The summed E-state index contributed by atoms with van der Waals surface area (Å²) in [6.45, 7) is 5.81. The van der Waals surface area contributed by atoms with Gasteiger partial charge in [-0.15, -0.1) is 22.7 Å². The van der Waals surface area contributed by atoms with Gasteiger partial charge in [-0.1, -0.05) is 0 Å².